The molecule has 1 aromatic carbocycles. The number of hydrogen-bond donors (Lipinski definition) is 0. The summed E-state index contributed by atoms with van der Waals surface area (Å²) in [5.74, 6) is -0.563. The zero-order valence-electron chi connectivity index (χ0n) is 10.9. The molecule has 0 bridgehead atoms. The molecular weight excluding hydrogens is 297 g/mol. The molecule has 3 rings (SSSR count). The standard InChI is InChI=1S/C15H9ClFNO3/c1-8-4-14(19)21-13-6-10(2-3-11(8)13)20-15-12(17)5-9(16)7-18-15/h2-7H,1H3. The van der Waals surface area contributed by atoms with Gasteiger partial charge in [-0.2, -0.15) is 0 Å². The Morgan fingerprint density at radius 2 is 2.10 bits per heavy atom. The lowest BCUT2D eigenvalue weighted by molar-refractivity contribution is 0.422. The van der Waals surface area contributed by atoms with Gasteiger partial charge >= 0.3 is 5.63 Å². The van der Waals surface area contributed by atoms with Gasteiger partial charge < -0.3 is 9.15 Å². The van der Waals surface area contributed by atoms with E-state index in [0.29, 0.717) is 11.3 Å². The monoisotopic (exact) mass is 305 g/mol. The van der Waals surface area contributed by atoms with Crippen LogP contribution in [-0.4, -0.2) is 4.98 Å². The van der Waals surface area contributed by atoms with Crippen LogP contribution in [0, 0.1) is 12.7 Å². The lowest BCUT2D eigenvalue weighted by Gasteiger charge is -2.07. The highest BCUT2D eigenvalue weighted by molar-refractivity contribution is 6.30. The van der Waals surface area contributed by atoms with E-state index in [-0.39, 0.29) is 10.9 Å². The topological polar surface area (TPSA) is 52.3 Å². The largest absolute Gasteiger partial charge is 0.436 e. The predicted octanol–water partition coefficient (Wildman–Crippen LogP) is 4.08. The van der Waals surface area contributed by atoms with Gasteiger partial charge in [0, 0.05) is 23.7 Å². The Balaban J connectivity index is 2.03. The van der Waals surface area contributed by atoms with Gasteiger partial charge in [0.05, 0.1) is 5.02 Å². The van der Waals surface area contributed by atoms with Gasteiger partial charge in [-0.3, -0.25) is 0 Å². The first-order valence-electron chi connectivity index (χ1n) is 6.06. The van der Waals surface area contributed by atoms with Crippen LogP contribution >= 0.6 is 11.6 Å². The molecule has 0 saturated heterocycles. The fraction of sp³-hybridized carbons (Fsp3) is 0.0667. The zero-order chi connectivity index (χ0) is 15.0. The lowest BCUT2D eigenvalue weighted by atomic mass is 10.1. The minimum atomic E-state index is -0.673. The lowest BCUT2D eigenvalue weighted by Crippen LogP contribution is -1.98. The van der Waals surface area contributed by atoms with Crippen molar-refractivity contribution in [2.24, 2.45) is 0 Å². The smallest absolute Gasteiger partial charge is 0.336 e. The molecule has 0 fully saturated rings. The maximum Gasteiger partial charge on any atom is 0.336 e. The van der Waals surface area contributed by atoms with Crippen LogP contribution in [0.3, 0.4) is 0 Å². The Hall–Kier alpha value is -2.40. The van der Waals surface area contributed by atoms with Crippen molar-refractivity contribution in [1.82, 2.24) is 4.98 Å². The van der Waals surface area contributed by atoms with Crippen molar-refractivity contribution in [3.05, 3.63) is 63.4 Å². The van der Waals surface area contributed by atoms with E-state index in [1.807, 2.05) is 0 Å². The minimum absolute atomic E-state index is 0.181. The van der Waals surface area contributed by atoms with Crippen LogP contribution in [0.25, 0.3) is 11.0 Å². The number of benzene rings is 1. The molecule has 0 saturated carbocycles. The average Bonchev–Trinajstić information content (AvgIpc) is 2.41. The first-order valence-corrected chi connectivity index (χ1v) is 6.44. The Labute approximate surface area is 123 Å². The Morgan fingerprint density at radius 3 is 2.86 bits per heavy atom. The first-order chi connectivity index (χ1) is 10.0. The minimum Gasteiger partial charge on any atom is -0.436 e. The summed E-state index contributed by atoms with van der Waals surface area (Å²) in [5.41, 5.74) is 0.711. The fourth-order valence-electron chi connectivity index (χ4n) is 1.96. The average molecular weight is 306 g/mol. The molecule has 2 heterocycles. The SMILES string of the molecule is Cc1cc(=O)oc2cc(Oc3ncc(Cl)cc3F)ccc12. The van der Waals surface area contributed by atoms with E-state index >= 15 is 0 Å². The van der Waals surface area contributed by atoms with Gasteiger partial charge in [0.25, 0.3) is 5.88 Å². The van der Waals surface area contributed by atoms with Crippen molar-refractivity contribution in [1.29, 1.82) is 0 Å². The highest BCUT2D eigenvalue weighted by Gasteiger charge is 2.09. The third-order valence-electron chi connectivity index (χ3n) is 2.91. The van der Waals surface area contributed by atoms with E-state index in [2.05, 4.69) is 4.98 Å². The predicted molar refractivity (Wildman–Crippen MR) is 76.5 cm³/mol. The Morgan fingerprint density at radius 1 is 1.29 bits per heavy atom. The van der Waals surface area contributed by atoms with E-state index in [1.165, 1.54) is 18.3 Å². The second kappa shape index (κ2) is 5.18. The van der Waals surface area contributed by atoms with Crippen LogP contribution in [0.1, 0.15) is 5.56 Å². The van der Waals surface area contributed by atoms with E-state index in [0.717, 1.165) is 17.0 Å². The van der Waals surface area contributed by atoms with E-state index in [1.54, 1.807) is 19.1 Å². The molecule has 6 heteroatoms. The molecule has 0 unspecified atom stereocenters. The van der Waals surface area contributed by atoms with Crippen molar-refractivity contribution >= 4 is 22.6 Å². The molecule has 0 atom stereocenters. The van der Waals surface area contributed by atoms with Crippen molar-refractivity contribution in [3.8, 4) is 11.6 Å². The quantitative estimate of drug-likeness (QED) is 0.669. The highest BCUT2D eigenvalue weighted by atomic mass is 35.5. The number of halogens is 2. The molecule has 0 aliphatic heterocycles. The number of pyridine rings is 1. The molecule has 2 aromatic heterocycles. The van der Waals surface area contributed by atoms with Crippen LogP contribution in [0.4, 0.5) is 4.39 Å². The summed E-state index contributed by atoms with van der Waals surface area (Å²) in [6.07, 6.45) is 1.28. The molecule has 0 aliphatic carbocycles. The summed E-state index contributed by atoms with van der Waals surface area (Å²) in [4.78, 5) is 15.1. The van der Waals surface area contributed by atoms with Crippen molar-refractivity contribution in [2.75, 3.05) is 0 Å². The summed E-state index contributed by atoms with van der Waals surface area (Å²) < 4.78 is 24.1. The zero-order valence-corrected chi connectivity index (χ0v) is 11.6. The Kier molecular flexibility index (Phi) is 3.35. The second-order valence-corrected chi connectivity index (χ2v) is 4.89. The van der Waals surface area contributed by atoms with Crippen LogP contribution in [0.5, 0.6) is 11.6 Å². The molecular formula is C15H9ClFNO3. The number of aryl methyl sites for hydroxylation is 1. The van der Waals surface area contributed by atoms with Crippen LogP contribution < -0.4 is 10.4 Å². The molecule has 0 amide bonds. The van der Waals surface area contributed by atoms with E-state index in [9.17, 15) is 9.18 Å². The molecule has 0 spiro atoms. The number of fused-ring (bicyclic) bond motifs is 1. The highest BCUT2D eigenvalue weighted by Crippen LogP contribution is 2.27. The fourth-order valence-corrected chi connectivity index (χ4v) is 2.10. The summed E-state index contributed by atoms with van der Waals surface area (Å²) in [6.45, 7) is 1.81. The summed E-state index contributed by atoms with van der Waals surface area (Å²) in [5, 5.41) is 0.964. The van der Waals surface area contributed by atoms with Crippen molar-refractivity contribution < 1.29 is 13.5 Å². The molecule has 0 radical (unpaired) electrons. The van der Waals surface area contributed by atoms with Gasteiger partial charge in [-0.1, -0.05) is 11.6 Å². The first kappa shape index (κ1) is 13.6. The maximum absolute atomic E-state index is 13.6. The van der Waals surface area contributed by atoms with Gasteiger partial charge in [0.2, 0.25) is 0 Å². The summed E-state index contributed by atoms with van der Waals surface area (Å²) in [6, 6.07) is 7.40. The number of aromatic nitrogens is 1. The number of ether oxygens (including phenoxy) is 1. The molecule has 4 nitrogen and oxygen atoms in total. The van der Waals surface area contributed by atoms with E-state index in [4.69, 9.17) is 20.8 Å². The normalized spacial score (nSPS) is 10.8. The molecule has 0 aliphatic rings. The molecule has 0 N–H and O–H groups in total. The molecule has 21 heavy (non-hydrogen) atoms. The third kappa shape index (κ3) is 2.73. The summed E-state index contributed by atoms with van der Waals surface area (Å²) >= 11 is 5.63. The van der Waals surface area contributed by atoms with Crippen molar-refractivity contribution in [2.45, 2.75) is 6.92 Å². The van der Waals surface area contributed by atoms with Crippen LogP contribution in [-0.2, 0) is 0 Å². The van der Waals surface area contributed by atoms with Crippen molar-refractivity contribution in [3.63, 3.8) is 0 Å². The molecule has 106 valence electrons. The Bertz CT molecular complexity index is 892. The number of rotatable bonds is 2. The number of nitrogens with zero attached hydrogens (tertiary/aromatic N) is 1. The van der Waals surface area contributed by atoms with Crippen LogP contribution in [0.15, 0.2) is 45.7 Å². The molecule has 3 aromatic rings. The number of hydrogen-bond acceptors (Lipinski definition) is 4. The third-order valence-corrected chi connectivity index (χ3v) is 3.12. The van der Waals surface area contributed by atoms with Gasteiger partial charge in [-0.15, -0.1) is 0 Å². The van der Waals surface area contributed by atoms with Gasteiger partial charge in [-0.05, 0) is 30.7 Å². The van der Waals surface area contributed by atoms with Gasteiger partial charge in [0.15, 0.2) is 5.82 Å². The van der Waals surface area contributed by atoms with Gasteiger partial charge in [0.1, 0.15) is 11.3 Å². The van der Waals surface area contributed by atoms with E-state index < -0.39 is 11.4 Å². The van der Waals surface area contributed by atoms with Gasteiger partial charge in [-0.25, -0.2) is 14.2 Å². The van der Waals surface area contributed by atoms with Crippen LogP contribution in [0.2, 0.25) is 5.02 Å². The maximum atomic E-state index is 13.6. The summed E-state index contributed by atoms with van der Waals surface area (Å²) in [7, 11) is 0. The second-order valence-electron chi connectivity index (χ2n) is 4.45.